The molecule has 2 aromatic carbocycles. The number of carbonyl (C=O) groups is 1. The molecule has 2 aliphatic heterocycles. The fourth-order valence-corrected chi connectivity index (χ4v) is 4.85. The smallest absolute Gasteiger partial charge is 0.258 e. The van der Waals surface area contributed by atoms with Crippen molar-refractivity contribution in [2.75, 3.05) is 32.8 Å². The monoisotopic (exact) mass is 482 g/mol. The SMILES string of the molecule is CCN(CC(=O)N1CCCC1c1ccc2c(c1)OCCO2)Cc1nc2cc(Cl)ccc2c(=O)[nH]1. The molecule has 3 aromatic rings. The number of halogens is 1. The number of amides is 1. The number of likely N-dealkylation sites (N-methyl/N-ethyl adjacent to an activating group) is 1. The van der Waals surface area contributed by atoms with Gasteiger partial charge in [-0.15, -0.1) is 0 Å². The molecule has 0 aliphatic carbocycles. The lowest BCUT2D eigenvalue weighted by atomic mass is 10.0. The number of benzene rings is 2. The van der Waals surface area contributed by atoms with Crippen LogP contribution in [-0.4, -0.2) is 58.5 Å². The number of likely N-dealkylation sites (tertiary alicyclic amines) is 1. The number of aromatic nitrogens is 2. The lowest BCUT2D eigenvalue weighted by molar-refractivity contribution is -0.133. The number of hydrogen-bond acceptors (Lipinski definition) is 6. The Labute approximate surface area is 202 Å². The summed E-state index contributed by atoms with van der Waals surface area (Å²) in [6.45, 7) is 5.05. The van der Waals surface area contributed by atoms with Gasteiger partial charge in [0.25, 0.3) is 5.56 Å². The standard InChI is InChI=1S/C25H27ClN4O4/c1-2-29(14-23-27-19-13-17(26)6-7-18(19)25(32)28-23)15-24(31)30-9-3-4-20(30)16-5-8-21-22(12-16)34-11-10-33-21/h5-8,12-13,20H,2-4,9-11,14-15H2,1H3,(H,27,28,32). The van der Waals surface area contributed by atoms with Crippen LogP contribution < -0.4 is 15.0 Å². The Hall–Kier alpha value is -3.10. The van der Waals surface area contributed by atoms with E-state index >= 15 is 0 Å². The van der Waals surface area contributed by atoms with Crippen molar-refractivity contribution in [1.82, 2.24) is 19.8 Å². The average molecular weight is 483 g/mol. The Bertz CT molecular complexity index is 1280. The zero-order valence-electron chi connectivity index (χ0n) is 19.1. The molecule has 178 valence electrons. The molecule has 0 bridgehead atoms. The molecule has 0 saturated carbocycles. The van der Waals surface area contributed by atoms with Gasteiger partial charge in [-0.1, -0.05) is 24.6 Å². The summed E-state index contributed by atoms with van der Waals surface area (Å²) in [7, 11) is 0. The van der Waals surface area contributed by atoms with Gasteiger partial charge < -0.3 is 19.4 Å². The van der Waals surface area contributed by atoms with Gasteiger partial charge in [0.05, 0.1) is 30.0 Å². The van der Waals surface area contributed by atoms with Crippen LogP contribution in [0.4, 0.5) is 0 Å². The van der Waals surface area contributed by atoms with Gasteiger partial charge in [0, 0.05) is 11.6 Å². The molecular formula is C25H27ClN4O4. The Morgan fingerprint density at radius 2 is 2.03 bits per heavy atom. The third-order valence-electron chi connectivity index (χ3n) is 6.42. The van der Waals surface area contributed by atoms with Crippen LogP contribution in [0.3, 0.4) is 0 Å². The van der Waals surface area contributed by atoms with E-state index in [1.165, 1.54) is 0 Å². The second-order valence-corrected chi connectivity index (χ2v) is 9.06. The fourth-order valence-electron chi connectivity index (χ4n) is 4.69. The first-order valence-electron chi connectivity index (χ1n) is 11.6. The van der Waals surface area contributed by atoms with E-state index in [2.05, 4.69) is 9.97 Å². The van der Waals surface area contributed by atoms with Gasteiger partial charge >= 0.3 is 0 Å². The van der Waals surface area contributed by atoms with Crippen molar-refractivity contribution < 1.29 is 14.3 Å². The maximum absolute atomic E-state index is 13.3. The molecule has 2 aliphatic rings. The van der Waals surface area contributed by atoms with Crippen LogP contribution in [0.25, 0.3) is 10.9 Å². The zero-order valence-corrected chi connectivity index (χ0v) is 19.8. The number of ether oxygens (including phenoxy) is 2. The van der Waals surface area contributed by atoms with Crippen molar-refractivity contribution in [2.45, 2.75) is 32.4 Å². The number of H-pyrrole nitrogens is 1. The lowest BCUT2D eigenvalue weighted by Gasteiger charge is -2.29. The molecule has 5 rings (SSSR count). The molecule has 9 heteroatoms. The van der Waals surface area contributed by atoms with E-state index in [9.17, 15) is 9.59 Å². The van der Waals surface area contributed by atoms with Crippen molar-refractivity contribution in [1.29, 1.82) is 0 Å². The normalized spacial score (nSPS) is 17.5. The van der Waals surface area contributed by atoms with Crippen LogP contribution >= 0.6 is 11.6 Å². The minimum absolute atomic E-state index is 0.0165. The third-order valence-corrected chi connectivity index (χ3v) is 6.66. The number of aromatic amines is 1. The molecular weight excluding hydrogens is 456 g/mol. The van der Waals surface area contributed by atoms with Gasteiger partial charge in [0.1, 0.15) is 19.0 Å². The maximum Gasteiger partial charge on any atom is 0.258 e. The first-order valence-corrected chi connectivity index (χ1v) is 12.0. The zero-order chi connectivity index (χ0) is 23.7. The Morgan fingerprint density at radius 1 is 1.21 bits per heavy atom. The number of hydrogen-bond donors (Lipinski definition) is 1. The molecule has 1 fully saturated rings. The van der Waals surface area contributed by atoms with Crippen molar-refractivity contribution in [3.63, 3.8) is 0 Å². The minimum atomic E-state index is -0.211. The summed E-state index contributed by atoms with van der Waals surface area (Å²) in [6.07, 6.45) is 1.87. The second-order valence-electron chi connectivity index (χ2n) is 8.63. The molecule has 1 N–H and O–H groups in total. The van der Waals surface area contributed by atoms with Crippen LogP contribution in [-0.2, 0) is 11.3 Å². The topological polar surface area (TPSA) is 87.8 Å². The predicted octanol–water partition coefficient (Wildman–Crippen LogP) is 3.53. The summed E-state index contributed by atoms with van der Waals surface area (Å²) in [6, 6.07) is 11.0. The van der Waals surface area contributed by atoms with Crippen LogP contribution in [0.5, 0.6) is 11.5 Å². The highest BCUT2D eigenvalue weighted by molar-refractivity contribution is 6.31. The van der Waals surface area contributed by atoms with Gasteiger partial charge in [-0.05, 0) is 55.3 Å². The molecule has 1 amide bonds. The van der Waals surface area contributed by atoms with Crippen molar-refractivity contribution in [2.24, 2.45) is 0 Å². The quantitative estimate of drug-likeness (QED) is 0.578. The van der Waals surface area contributed by atoms with E-state index in [1.807, 2.05) is 34.9 Å². The number of carbonyl (C=O) groups excluding carboxylic acids is 1. The number of rotatable bonds is 6. The van der Waals surface area contributed by atoms with E-state index < -0.39 is 0 Å². The van der Waals surface area contributed by atoms with Crippen LogP contribution in [0, 0.1) is 0 Å². The molecule has 1 atom stereocenters. The summed E-state index contributed by atoms with van der Waals surface area (Å²) >= 11 is 6.07. The highest BCUT2D eigenvalue weighted by Gasteiger charge is 2.31. The van der Waals surface area contributed by atoms with Crippen LogP contribution in [0.2, 0.25) is 5.02 Å². The largest absolute Gasteiger partial charge is 0.486 e. The van der Waals surface area contributed by atoms with Crippen LogP contribution in [0.15, 0.2) is 41.2 Å². The van der Waals surface area contributed by atoms with Crippen molar-refractivity contribution >= 4 is 28.4 Å². The van der Waals surface area contributed by atoms with Crippen LogP contribution in [0.1, 0.15) is 37.2 Å². The molecule has 1 saturated heterocycles. The fraction of sp³-hybridized carbons (Fsp3) is 0.400. The summed E-state index contributed by atoms with van der Waals surface area (Å²) in [5.41, 5.74) is 1.40. The molecule has 0 spiro atoms. The van der Waals surface area contributed by atoms with E-state index in [0.717, 1.165) is 36.4 Å². The highest BCUT2D eigenvalue weighted by Crippen LogP contribution is 2.38. The molecule has 3 heterocycles. The van der Waals surface area contributed by atoms with Crippen molar-refractivity contribution in [3.05, 3.63) is 63.2 Å². The van der Waals surface area contributed by atoms with E-state index in [1.54, 1.807) is 18.2 Å². The van der Waals surface area contributed by atoms with Gasteiger partial charge in [-0.25, -0.2) is 4.98 Å². The number of nitrogens with zero attached hydrogens (tertiary/aromatic N) is 3. The van der Waals surface area contributed by atoms with Gasteiger partial charge in [-0.3, -0.25) is 14.5 Å². The molecule has 34 heavy (non-hydrogen) atoms. The number of nitrogens with one attached hydrogen (secondary N) is 1. The molecule has 8 nitrogen and oxygen atoms in total. The Balaban J connectivity index is 1.30. The minimum Gasteiger partial charge on any atom is -0.486 e. The van der Waals surface area contributed by atoms with Gasteiger partial charge in [0.2, 0.25) is 5.91 Å². The van der Waals surface area contributed by atoms with E-state index in [0.29, 0.717) is 48.1 Å². The Morgan fingerprint density at radius 3 is 2.85 bits per heavy atom. The molecule has 0 radical (unpaired) electrons. The molecule has 1 unspecified atom stereocenters. The number of fused-ring (bicyclic) bond motifs is 2. The summed E-state index contributed by atoms with van der Waals surface area (Å²) in [5, 5.41) is 1.02. The van der Waals surface area contributed by atoms with E-state index in [-0.39, 0.29) is 24.1 Å². The summed E-state index contributed by atoms with van der Waals surface area (Å²) < 4.78 is 11.4. The first kappa shape index (κ1) is 22.7. The van der Waals surface area contributed by atoms with E-state index in [4.69, 9.17) is 21.1 Å². The second kappa shape index (κ2) is 9.64. The van der Waals surface area contributed by atoms with Crippen molar-refractivity contribution in [3.8, 4) is 11.5 Å². The average Bonchev–Trinajstić information content (AvgIpc) is 3.33. The lowest BCUT2D eigenvalue weighted by Crippen LogP contribution is -2.40. The summed E-state index contributed by atoms with van der Waals surface area (Å²) in [5.74, 6) is 2.07. The third kappa shape index (κ3) is 4.60. The van der Waals surface area contributed by atoms with Gasteiger partial charge in [-0.2, -0.15) is 0 Å². The molecule has 1 aromatic heterocycles. The highest BCUT2D eigenvalue weighted by atomic mass is 35.5. The maximum atomic E-state index is 13.3. The Kier molecular flexibility index (Phi) is 6.43. The first-order chi connectivity index (χ1) is 16.5. The predicted molar refractivity (Wildman–Crippen MR) is 129 cm³/mol. The van der Waals surface area contributed by atoms with Gasteiger partial charge in [0.15, 0.2) is 11.5 Å². The summed E-state index contributed by atoms with van der Waals surface area (Å²) in [4.78, 5) is 37.1.